The molecule has 4 nitrogen and oxygen atoms in total. The minimum absolute atomic E-state index is 0.119. The first-order chi connectivity index (χ1) is 17.0. The molecule has 0 unspecified atom stereocenters. The lowest BCUT2D eigenvalue weighted by Crippen LogP contribution is -2.52. The van der Waals surface area contributed by atoms with E-state index in [1.54, 1.807) is 17.0 Å². The highest BCUT2D eigenvalue weighted by Gasteiger charge is 2.32. The second kappa shape index (κ2) is 11.8. The maximum absolute atomic E-state index is 13.8. The van der Waals surface area contributed by atoms with Crippen LogP contribution in [0.4, 0.5) is 4.39 Å². The van der Waals surface area contributed by atoms with Crippen LogP contribution in [-0.4, -0.2) is 28.8 Å². The standard InChI is InChI=1S/C30H33FN2O2/c1-22-9-5-6-12-25(22)20-29(34)33(21-24-15-17-26(31)18-16-24)28(19-23-10-3-2-4-11-23)30(35)32-27-13-7-8-14-27/h2-6,9-12,15-18,27-28H,7-8,13-14,19-21H2,1H3,(H,32,35)/t28-/m0/s1. The SMILES string of the molecule is Cc1ccccc1CC(=O)N(Cc1ccc(F)cc1)[C@@H](Cc1ccccc1)C(=O)NC1CCCC1. The summed E-state index contributed by atoms with van der Waals surface area (Å²) in [6.45, 7) is 2.22. The zero-order valence-corrected chi connectivity index (χ0v) is 20.3. The third-order valence-electron chi connectivity index (χ3n) is 6.84. The molecule has 2 amide bonds. The van der Waals surface area contributed by atoms with Crippen molar-refractivity contribution in [3.63, 3.8) is 0 Å². The third-order valence-corrected chi connectivity index (χ3v) is 6.84. The highest BCUT2D eigenvalue weighted by atomic mass is 19.1. The van der Waals surface area contributed by atoms with Crippen LogP contribution in [0.1, 0.15) is 47.9 Å². The summed E-state index contributed by atoms with van der Waals surface area (Å²) < 4.78 is 13.6. The van der Waals surface area contributed by atoms with Crippen LogP contribution < -0.4 is 5.32 Å². The predicted octanol–water partition coefficient (Wildman–Crippen LogP) is 5.38. The number of hydrogen-bond acceptors (Lipinski definition) is 2. The molecule has 5 heteroatoms. The zero-order valence-electron chi connectivity index (χ0n) is 20.3. The van der Waals surface area contributed by atoms with Gasteiger partial charge in [-0.25, -0.2) is 4.39 Å². The topological polar surface area (TPSA) is 49.4 Å². The summed E-state index contributed by atoms with van der Waals surface area (Å²) in [5.74, 6) is -0.571. The first-order valence-electron chi connectivity index (χ1n) is 12.4. The van der Waals surface area contributed by atoms with Gasteiger partial charge in [0.25, 0.3) is 0 Å². The van der Waals surface area contributed by atoms with Gasteiger partial charge in [0.1, 0.15) is 11.9 Å². The first kappa shape index (κ1) is 24.6. The molecule has 3 aromatic rings. The molecule has 182 valence electrons. The molecule has 0 bridgehead atoms. The van der Waals surface area contributed by atoms with Gasteiger partial charge in [0.15, 0.2) is 0 Å². The van der Waals surface area contributed by atoms with Gasteiger partial charge in [-0.2, -0.15) is 0 Å². The molecule has 1 atom stereocenters. The van der Waals surface area contributed by atoms with Crippen LogP contribution in [0.3, 0.4) is 0 Å². The lowest BCUT2D eigenvalue weighted by molar-refractivity contribution is -0.141. The highest BCUT2D eigenvalue weighted by molar-refractivity contribution is 5.89. The molecule has 1 aliphatic carbocycles. The van der Waals surface area contributed by atoms with Crippen LogP contribution in [-0.2, 0) is 29.0 Å². The van der Waals surface area contributed by atoms with Gasteiger partial charge in [0.2, 0.25) is 11.8 Å². The fraction of sp³-hybridized carbons (Fsp3) is 0.333. The lowest BCUT2D eigenvalue weighted by atomic mass is 10.00. The van der Waals surface area contributed by atoms with Crippen molar-refractivity contribution < 1.29 is 14.0 Å². The van der Waals surface area contributed by atoms with Crippen molar-refractivity contribution in [2.24, 2.45) is 0 Å². The molecule has 0 spiro atoms. The smallest absolute Gasteiger partial charge is 0.243 e. The molecule has 0 aromatic heterocycles. The Morgan fingerprint density at radius 1 is 0.914 bits per heavy atom. The van der Waals surface area contributed by atoms with Crippen LogP contribution in [0.2, 0.25) is 0 Å². The summed E-state index contributed by atoms with van der Waals surface area (Å²) in [5.41, 5.74) is 3.76. The van der Waals surface area contributed by atoms with Crippen LogP contribution in [0.25, 0.3) is 0 Å². The molecule has 0 radical (unpaired) electrons. The Labute approximate surface area is 207 Å². The van der Waals surface area contributed by atoms with Gasteiger partial charge in [-0.05, 0) is 54.2 Å². The van der Waals surface area contributed by atoms with E-state index in [2.05, 4.69) is 5.32 Å². The second-order valence-electron chi connectivity index (χ2n) is 9.45. The Bertz CT molecular complexity index is 1120. The quantitative estimate of drug-likeness (QED) is 0.455. The van der Waals surface area contributed by atoms with Gasteiger partial charge in [-0.15, -0.1) is 0 Å². The normalized spacial score (nSPS) is 14.5. The van der Waals surface area contributed by atoms with Crippen LogP contribution in [0.5, 0.6) is 0 Å². The summed E-state index contributed by atoms with van der Waals surface area (Å²) in [7, 11) is 0. The molecule has 1 saturated carbocycles. The van der Waals surface area contributed by atoms with E-state index in [4.69, 9.17) is 0 Å². The number of nitrogens with zero attached hydrogens (tertiary/aromatic N) is 1. The number of benzene rings is 3. The molecule has 35 heavy (non-hydrogen) atoms. The van der Waals surface area contributed by atoms with E-state index in [1.165, 1.54) is 12.1 Å². The van der Waals surface area contributed by atoms with Crippen LogP contribution in [0.15, 0.2) is 78.9 Å². The molecule has 1 fully saturated rings. The molecule has 0 heterocycles. The number of amides is 2. The van der Waals surface area contributed by atoms with Crippen molar-refractivity contribution >= 4 is 11.8 Å². The predicted molar refractivity (Wildman–Crippen MR) is 136 cm³/mol. The van der Waals surface area contributed by atoms with E-state index in [0.717, 1.165) is 47.9 Å². The summed E-state index contributed by atoms with van der Waals surface area (Å²) in [6, 6.07) is 23.2. The van der Waals surface area contributed by atoms with E-state index in [1.807, 2.05) is 61.5 Å². The van der Waals surface area contributed by atoms with E-state index < -0.39 is 6.04 Å². The van der Waals surface area contributed by atoms with Crippen molar-refractivity contribution in [2.75, 3.05) is 0 Å². The van der Waals surface area contributed by atoms with Gasteiger partial charge in [0.05, 0.1) is 6.42 Å². The minimum atomic E-state index is -0.667. The second-order valence-corrected chi connectivity index (χ2v) is 9.45. The van der Waals surface area contributed by atoms with E-state index in [9.17, 15) is 14.0 Å². The highest BCUT2D eigenvalue weighted by Crippen LogP contribution is 2.21. The summed E-state index contributed by atoms with van der Waals surface area (Å²) in [4.78, 5) is 29.1. The van der Waals surface area contributed by atoms with Crippen molar-refractivity contribution in [1.29, 1.82) is 0 Å². The fourth-order valence-corrected chi connectivity index (χ4v) is 4.78. The Morgan fingerprint density at radius 2 is 1.57 bits per heavy atom. The number of carbonyl (C=O) groups excluding carboxylic acids is 2. The Balaban J connectivity index is 1.66. The van der Waals surface area contributed by atoms with Gasteiger partial charge in [-0.3, -0.25) is 9.59 Å². The summed E-state index contributed by atoms with van der Waals surface area (Å²) >= 11 is 0. The molecule has 1 aliphatic rings. The molecular formula is C30H33FN2O2. The number of hydrogen-bond donors (Lipinski definition) is 1. The molecule has 3 aromatic carbocycles. The van der Waals surface area contributed by atoms with Crippen LogP contribution in [0, 0.1) is 12.7 Å². The van der Waals surface area contributed by atoms with E-state index >= 15 is 0 Å². The van der Waals surface area contributed by atoms with E-state index in [-0.39, 0.29) is 36.6 Å². The summed E-state index contributed by atoms with van der Waals surface area (Å²) in [6.07, 6.45) is 4.79. The van der Waals surface area contributed by atoms with Gasteiger partial charge < -0.3 is 10.2 Å². The Kier molecular flexibility index (Phi) is 8.30. The number of aryl methyl sites for hydroxylation is 1. The molecule has 1 N–H and O–H groups in total. The van der Waals surface area contributed by atoms with Gasteiger partial charge >= 0.3 is 0 Å². The van der Waals surface area contributed by atoms with Crippen molar-refractivity contribution in [3.8, 4) is 0 Å². The number of nitrogens with one attached hydrogen (secondary N) is 1. The number of carbonyl (C=O) groups is 2. The van der Waals surface area contributed by atoms with Crippen molar-refractivity contribution in [1.82, 2.24) is 10.2 Å². The zero-order chi connectivity index (χ0) is 24.6. The average molecular weight is 473 g/mol. The van der Waals surface area contributed by atoms with E-state index in [0.29, 0.717) is 6.42 Å². The molecule has 0 saturated heterocycles. The average Bonchev–Trinajstić information content (AvgIpc) is 3.37. The Hall–Kier alpha value is -3.47. The number of halogens is 1. The first-order valence-corrected chi connectivity index (χ1v) is 12.4. The largest absolute Gasteiger partial charge is 0.352 e. The maximum atomic E-state index is 13.8. The lowest BCUT2D eigenvalue weighted by Gasteiger charge is -2.32. The molecule has 0 aliphatic heterocycles. The van der Waals surface area contributed by atoms with Crippen molar-refractivity contribution in [3.05, 3.63) is 107 Å². The van der Waals surface area contributed by atoms with Gasteiger partial charge in [0, 0.05) is 19.0 Å². The summed E-state index contributed by atoms with van der Waals surface area (Å²) in [5, 5.41) is 3.21. The number of rotatable bonds is 9. The van der Waals surface area contributed by atoms with Gasteiger partial charge in [-0.1, -0.05) is 79.6 Å². The van der Waals surface area contributed by atoms with Crippen LogP contribution >= 0.6 is 0 Å². The Morgan fingerprint density at radius 3 is 2.26 bits per heavy atom. The molecule has 4 rings (SSSR count). The minimum Gasteiger partial charge on any atom is -0.352 e. The monoisotopic (exact) mass is 472 g/mol. The maximum Gasteiger partial charge on any atom is 0.243 e. The fourth-order valence-electron chi connectivity index (χ4n) is 4.78. The third kappa shape index (κ3) is 6.78. The molecular weight excluding hydrogens is 439 g/mol. The van der Waals surface area contributed by atoms with Crippen molar-refractivity contribution in [2.45, 2.75) is 64.1 Å².